The Labute approximate surface area is 133 Å². The number of aliphatic hydroxyl groups excluding tert-OH is 4. The van der Waals surface area contributed by atoms with Gasteiger partial charge in [0.1, 0.15) is 18.6 Å². The van der Waals surface area contributed by atoms with E-state index in [1.54, 1.807) is 0 Å². The molecule has 1 aliphatic heterocycles. The summed E-state index contributed by atoms with van der Waals surface area (Å²) < 4.78 is 8.89. The molecule has 0 saturated carbocycles. The molecule has 0 bridgehead atoms. The molecule has 1 rings (SSSR count). The smallest absolute Gasteiger partial charge is 0.377 e. The van der Waals surface area contributed by atoms with Crippen LogP contribution in [0.4, 0.5) is 0 Å². The van der Waals surface area contributed by atoms with Crippen LogP contribution in [0.2, 0.25) is 0 Å². The number of esters is 2. The maximum Gasteiger partial charge on any atom is 0.377 e. The van der Waals surface area contributed by atoms with Crippen molar-refractivity contribution in [3.63, 3.8) is 0 Å². The molecule has 0 radical (unpaired) electrons. The fraction of sp³-hybridized carbons (Fsp3) is 0.500. The number of carboxylic acids is 2. The van der Waals surface area contributed by atoms with Crippen LogP contribution in [-0.2, 0) is 28.7 Å². The van der Waals surface area contributed by atoms with Crippen LogP contribution in [-0.4, -0.2) is 79.4 Å². The summed E-state index contributed by atoms with van der Waals surface area (Å²) in [6.45, 7) is -0.858. The van der Waals surface area contributed by atoms with Crippen LogP contribution >= 0.6 is 0 Å². The highest BCUT2D eigenvalue weighted by Crippen LogP contribution is 2.21. The fourth-order valence-corrected chi connectivity index (χ4v) is 1.74. The summed E-state index contributed by atoms with van der Waals surface area (Å²) in [5.41, 5.74) is 0. The lowest BCUT2D eigenvalue weighted by Gasteiger charge is -2.18. The Hall–Kier alpha value is -2.86. The Kier molecular flexibility index (Phi) is 6.08. The summed E-state index contributed by atoms with van der Waals surface area (Å²) >= 11 is 0. The van der Waals surface area contributed by atoms with Gasteiger partial charge in [-0.2, -0.15) is 0 Å². The molecule has 0 saturated heterocycles. The molecule has 6 N–H and O–H groups in total. The molecule has 12 nitrogen and oxygen atoms in total. The maximum atomic E-state index is 11.5. The topological polar surface area (TPSA) is 208 Å². The predicted octanol–water partition coefficient (Wildman–Crippen LogP) is -2.32. The van der Waals surface area contributed by atoms with Crippen molar-refractivity contribution in [3.8, 4) is 0 Å². The largest absolute Gasteiger partial charge is 0.505 e. The van der Waals surface area contributed by atoms with Crippen LogP contribution in [0.3, 0.4) is 0 Å². The van der Waals surface area contributed by atoms with Crippen molar-refractivity contribution >= 4 is 23.9 Å². The Morgan fingerprint density at radius 1 is 1.12 bits per heavy atom. The van der Waals surface area contributed by atoms with E-state index in [9.17, 15) is 34.5 Å². The molecule has 24 heavy (non-hydrogen) atoms. The minimum Gasteiger partial charge on any atom is -0.505 e. The highest BCUT2D eigenvalue weighted by molar-refractivity contribution is 5.89. The first-order valence-electron chi connectivity index (χ1n) is 6.36. The van der Waals surface area contributed by atoms with E-state index in [4.69, 9.17) is 15.3 Å². The van der Waals surface area contributed by atoms with E-state index in [0.29, 0.717) is 0 Å². The van der Waals surface area contributed by atoms with Crippen LogP contribution in [0.15, 0.2) is 11.5 Å². The van der Waals surface area contributed by atoms with E-state index in [0.717, 1.165) is 0 Å². The number of ether oxygens (including phenoxy) is 2. The van der Waals surface area contributed by atoms with Gasteiger partial charge in [0.25, 0.3) is 0 Å². The van der Waals surface area contributed by atoms with Crippen LogP contribution in [0.1, 0.15) is 6.42 Å². The Morgan fingerprint density at radius 2 is 1.71 bits per heavy atom. The van der Waals surface area contributed by atoms with Crippen molar-refractivity contribution in [2.45, 2.75) is 24.7 Å². The highest BCUT2D eigenvalue weighted by Gasteiger charge is 2.40. The third kappa shape index (κ3) is 4.33. The molecule has 4 atom stereocenters. The van der Waals surface area contributed by atoms with E-state index in [-0.39, 0.29) is 0 Å². The van der Waals surface area contributed by atoms with Gasteiger partial charge in [-0.3, -0.25) is 9.59 Å². The van der Waals surface area contributed by atoms with Gasteiger partial charge < -0.3 is 40.1 Å². The summed E-state index contributed by atoms with van der Waals surface area (Å²) in [6, 6.07) is 0. The lowest BCUT2D eigenvalue weighted by molar-refractivity contribution is -0.165. The average molecular weight is 350 g/mol. The quantitative estimate of drug-likeness (QED) is 0.255. The van der Waals surface area contributed by atoms with Gasteiger partial charge in [0.2, 0.25) is 5.76 Å². The van der Waals surface area contributed by atoms with E-state index in [1.807, 2.05) is 0 Å². The summed E-state index contributed by atoms with van der Waals surface area (Å²) in [5, 5.41) is 54.5. The van der Waals surface area contributed by atoms with E-state index in [1.165, 1.54) is 0 Å². The van der Waals surface area contributed by atoms with Gasteiger partial charge in [-0.25, -0.2) is 9.59 Å². The summed E-state index contributed by atoms with van der Waals surface area (Å²) in [6.07, 6.45) is -6.80. The normalized spacial score (nSPS) is 20.9. The van der Waals surface area contributed by atoms with Crippen molar-refractivity contribution < 1.29 is 59.3 Å². The standard InChI is InChI=1S/C12H14O12/c13-4(9-7(16)8(17)12(22)24-9)2-23-5(14)1-3(10(18)19)6(15)11(20)21/h3-4,6,9,13,15-17H,1-2H2,(H,18,19)(H,20,21)/t3?,4-,6?,9+/m0/s1. The minimum absolute atomic E-state index is 0.858. The highest BCUT2D eigenvalue weighted by atomic mass is 16.6. The summed E-state index contributed by atoms with van der Waals surface area (Å²) in [7, 11) is 0. The number of rotatable bonds is 8. The number of cyclic esters (lactones) is 1. The lowest BCUT2D eigenvalue weighted by atomic mass is 9.99. The number of aliphatic hydroxyl groups is 4. The number of carboxylic acid groups (broad SMARTS) is 2. The van der Waals surface area contributed by atoms with Crippen molar-refractivity contribution in [3.05, 3.63) is 11.5 Å². The number of carbonyl (C=O) groups excluding carboxylic acids is 2. The van der Waals surface area contributed by atoms with Gasteiger partial charge in [0.05, 0.1) is 6.42 Å². The molecule has 0 amide bonds. The number of carbonyl (C=O) groups is 4. The van der Waals surface area contributed by atoms with Crippen molar-refractivity contribution in [2.24, 2.45) is 5.92 Å². The second kappa shape index (κ2) is 7.61. The zero-order chi connectivity index (χ0) is 18.6. The molecule has 1 aliphatic rings. The third-order valence-corrected chi connectivity index (χ3v) is 3.04. The molecule has 1 heterocycles. The van der Waals surface area contributed by atoms with Crippen LogP contribution in [0.25, 0.3) is 0 Å². The zero-order valence-corrected chi connectivity index (χ0v) is 11.9. The second-order valence-corrected chi connectivity index (χ2v) is 4.74. The van der Waals surface area contributed by atoms with Gasteiger partial charge >= 0.3 is 23.9 Å². The fourth-order valence-electron chi connectivity index (χ4n) is 1.74. The third-order valence-electron chi connectivity index (χ3n) is 3.04. The van der Waals surface area contributed by atoms with Gasteiger partial charge in [0, 0.05) is 0 Å². The van der Waals surface area contributed by atoms with Gasteiger partial charge in [-0.15, -0.1) is 0 Å². The maximum absolute atomic E-state index is 11.5. The zero-order valence-electron chi connectivity index (χ0n) is 11.9. The molecule has 0 fully saturated rings. The predicted molar refractivity (Wildman–Crippen MR) is 68.5 cm³/mol. The lowest BCUT2D eigenvalue weighted by Crippen LogP contribution is -2.38. The molecule has 0 aliphatic carbocycles. The first-order valence-corrected chi connectivity index (χ1v) is 6.36. The Balaban J connectivity index is 2.58. The molecular weight excluding hydrogens is 336 g/mol. The molecule has 0 aromatic heterocycles. The van der Waals surface area contributed by atoms with Crippen LogP contribution < -0.4 is 0 Å². The van der Waals surface area contributed by atoms with Crippen molar-refractivity contribution in [1.82, 2.24) is 0 Å². The molecule has 0 aromatic carbocycles. The second-order valence-electron chi connectivity index (χ2n) is 4.74. The van der Waals surface area contributed by atoms with E-state index >= 15 is 0 Å². The SMILES string of the molecule is O=C(CC(C(=O)O)C(O)C(=O)O)OC[C@H](O)[C@H]1OC(=O)C(O)=C1O. The van der Waals surface area contributed by atoms with Crippen LogP contribution in [0.5, 0.6) is 0 Å². The minimum atomic E-state index is -2.35. The molecule has 134 valence electrons. The van der Waals surface area contributed by atoms with Gasteiger partial charge in [0.15, 0.2) is 18.0 Å². The number of hydrogen-bond donors (Lipinski definition) is 6. The number of hydrogen-bond acceptors (Lipinski definition) is 10. The van der Waals surface area contributed by atoms with E-state index in [2.05, 4.69) is 9.47 Å². The molecular formula is C12H14O12. The van der Waals surface area contributed by atoms with E-state index < -0.39 is 72.7 Å². The van der Waals surface area contributed by atoms with Gasteiger partial charge in [-0.05, 0) is 0 Å². The summed E-state index contributed by atoms with van der Waals surface area (Å²) in [5.74, 6) is -10.2. The summed E-state index contributed by atoms with van der Waals surface area (Å²) in [4.78, 5) is 43.8. The molecule has 0 spiro atoms. The average Bonchev–Trinajstić information content (AvgIpc) is 2.76. The number of aliphatic carboxylic acids is 2. The first kappa shape index (κ1) is 19.2. The van der Waals surface area contributed by atoms with Gasteiger partial charge in [-0.1, -0.05) is 0 Å². The monoisotopic (exact) mass is 350 g/mol. The van der Waals surface area contributed by atoms with Crippen molar-refractivity contribution in [1.29, 1.82) is 0 Å². The molecule has 12 heteroatoms. The first-order chi connectivity index (χ1) is 11.1. The van der Waals surface area contributed by atoms with Crippen LogP contribution in [0, 0.1) is 5.92 Å². The van der Waals surface area contributed by atoms with Crippen molar-refractivity contribution in [2.75, 3.05) is 6.61 Å². The molecule has 0 aromatic rings. The molecule has 2 unspecified atom stereocenters. The Morgan fingerprint density at radius 3 is 2.12 bits per heavy atom. The Bertz CT molecular complexity index is 579.